The van der Waals surface area contributed by atoms with Crippen molar-refractivity contribution in [2.24, 2.45) is 5.41 Å². The number of phenolic OH excluding ortho intramolecular Hbond substituents is 1. The Morgan fingerprint density at radius 1 is 1.35 bits per heavy atom. The quantitative estimate of drug-likeness (QED) is 0.868. The monoisotopic (exact) mass is 277 g/mol. The van der Waals surface area contributed by atoms with Crippen molar-refractivity contribution in [2.75, 3.05) is 6.54 Å². The van der Waals surface area contributed by atoms with Gasteiger partial charge in [-0.05, 0) is 36.5 Å². The Labute approximate surface area is 117 Å². The number of hydrogen-bond acceptors (Lipinski definition) is 3. The lowest BCUT2D eigenvalue weighted by Gasteiger charge is -2.44. The maximum Gasteiger partial charge on any atom is 0.326 e. The van der Waals surface area contributed by atoms with Crippen LogP contribution in [0.5, 0.6) is 5.75 Å². The number of nitrogens with zero attached hydrogens (tertiary/aromatic N) is 1. The van der Waals surface area contributed by atoms with E-state index >= 15 is 0 Å². The minimum absolute atomic E-state index is 0.000931. The molecule has 0 aromatic heterocycles. The second-order valence-electron chi connectivity index (χ2n) is 5.88. The van der Waals surface area contributed by atoms with E-state index in [4.69, 9.17) is 0 Å². The third-order valence-electron chi connectivity index (χ3n) is 3.86. The van der Waals surface area contributed by atoms with E-state index in [1.165, 1.54) is 17.0 Å². The summed E-state index contributed by atoms with van der Waals surface area (Å²) in [6, 6.07) is 5.16. The molecule has 5 nitrogen and oxygen atoms in total. The van der Waals surface area contributed by atoms with Crippen molar-refractivity contribution in [1.82, 2.24) is 4.90 Å². The van der Waals surface area contributed by atoms with Crippen molar-refractivity contribution in [2.45, 2.75) is 32.7 Å². The summed E-state index contributed by atoms with van der Waals surface area (Å²) in [4.78, 5) is 25.4. The molecule has 1 unspecified atom stereocenters. The molecule has 1 aliphatic heterocycles. The van der Waals surface area contributed by atoms with Gasteiger partial charge in [0.1, 0.15) is 11.8 Å². The van der Waals surface area contributed by atoms with Crippen LogP contribution in [0.4, 0.5) is 0 Å². The maximum atomic E-state index is 12.5. The SMILES string of the molecule is CC1(C)CCCN(C(=O)c2cccc(O)c2)C1C(=O)O. The van der Waals surface area contributed by atoms with Crippen LogP contribution in [-0.4, -0.2) is 39.6 Å². The van der Waals surface area contributed by atoms with Gasteiger partial charge in [-0.2, -0.15) is 0 Å². The zero-order valence-corrected chi connectivity index (χ0v) is 11.7. The lowest BCUT2D eigenvalue weighted by Crippen LogP contribution is -2.56. The third kappa shape index (κ3) is 2.61. The smallest absolute Gasteiger partial charge is 0.326 e. The summed E-state index contributed by atoms with van der Waals surface area (Å²) in [6.07, 6.45) is 1.55. The van der Waals surface area contributed by atoms with Crippen LogP contribution >= 0.6 is 0 Å². The first-order valence-corrected chi connectivity index (χ1v) is 6.66. The second-order valence-corrected chi connectivity index (χ2v) is 5.88. The van der Waals surface area contributed by atoms with Crippen LogP contribution in [0.1, 0.15) is 37.0 Å². The van der Waals surface area contributed by atoms with E-state index in [1.54, 1.807) is 12.1 Å². The molecule has 0 bridgehead atoms. The molecule has 1 heterocycles. The fourth-order valence-corrected chi connectivity index (χ4v) is 2.88. The van der Waals surface area contributed by atoms with Crippen LogP contribution in [0.3, 0.4) is 0 Å². The lowest BCUT2D eigenvalue weighted by molar-refractivity contribution is -0.148. The molecule has 0 saturated carbocycles. The van der Waals surface area contributed by atoms with Gasteiger partial charge in [-0.3, -0.25) is 4.79 Å². The van der Waals surface area contributed by atoms with E-state index in [0.29, 0.717) is 12.1 Å². The number of piperidine rings is 1. The highest BCUT2D eigenvalue weighted by atomic mass is 16.4. The van der Waals surface area contributed by atoms with Crippen LogP contribution in [0.2, 0.25) is 0 Å². The number of benzene rings is 1. The van der Waals surface area contributed by atoms with Gasteiger partial charge in [-0.1, -0.05) is 19.9 Å². The number of carboxylic acids is 1. The van der Waals surface area contributed by atoms with Gasteiger partial charge < -0.3 is 15.1 Å². The minimum atomic E-state index is -0.983. The summed E-state index contributed by atoms with van der Waals surface area (Å²) < 4.78 is 0. The number of rotatable bonds is 2. The molecule has 2 N–H and O–H groups in total. The maximum absolute atomic E-state index is 12.5. The summed E-state index contributed by atoms with van der Waals surface area (Å²) in [5.74, 6) is -1.33. The molecule has 1 aliphatic rings. The first-order valence-electron chi connectivity index (χ1n) is 6.66. The first-order chi connectivity index (χ1) is 9.33. The molecule has 1 aromatic carbocycles. The summed E-state index contributed by atoms with van der Waals surface area (Å²) in [6.45, 7) is 4.16. The molecule has 1 amide bonds. The lowest BCUT2D eigenvalue weighted by atomic mass is 9.76. The summed E-state index contributed by atoms with van der Waals surface area (Å²) in [5, 5.41) is 18.9. The van der Waals surface area contributed by atoms with Gasteiger partial charge in [-0.25, -0.2) is 4.79 Å². The Hall–Kier alpha value is -2.04. The van der Waals surface area contributed by atoms with E-state index in [2.05, 4.69) is 0 Å². The second kappa shape index (κ2) is 5.15. The average molecular weight is 277 g/mol. The highest BCUT2D eigenvalue weighted by Gasteiger charge is 2.44. The fourth-order valence-electron chi connectivity index (χ4n) is 2.88. The van der Waals surface area contributed by atoms with Crippen LogP contribution < -0.4 is 0 Å². The number of aromatic hydroxyl groups is 1. The zero-order chi connectivity index (χ0) is 14.9. The molecule has 0 radical (unpaired) electrons. The predicted octanol–water partition coefficient (Wildman–Crippen LogP) is 2.11. The number of carbonyl (C=O) groups excluding carboxylic acids is 1. The van der Waals surface area contributed by atoms with Gasteiger partial charge in [0, 0.05) is 12.1 Å². The Morgan fingerprint density at radius 3 is 2.65 bits per heavy atom. The molecular formula is C15H19NO4. The Kier molecular flexibility index (Phi) is 3.70. The normalized spacial score (nSPS) is 21.5. The Morgan fingerprint density at radius 2 is 2.05 bits per heavy atom. The van der Waals surface area contributed by atoms with E-state index in [9.17, 15) is 19.8 Å². The number of hydrogen-bond donors (Lipinski definition) is 2. The van der Waals surface area contributed by atoms with Crippen LogP contribution in [0.25, 0.3) is 0 Å². The average Bonchev–Trinajstić information content (AvgIpc) is 2.35. The van der Waals surface area contributed by atoms with E-state index in [0.717, 1.165) is 12.8 Å². The van der Waals surface area contributed by atoms with Gasteiger partial charge in [0.25, 0.3) is 5.91 Å². The van der Waals surface area contributed by atoms with Gasteiger partial charge in [0.2, 0.25) is 0 Å². The Bertz CT molecular complexity index is 538. The molecule has 2 rings (SSSR count). The molecule has 1 atom stereocenters. The van der Waals surface area contributed by atoms with Crippen LogP contribution in [-0.2, 0) is 4.79 Å². The highest BCUT2D eigenvalue weighted by Crippen LogP contribution is 2.36. The van der Waals surface area contributed by atoms with Crippen molar-refractivity contribution in [3.63, 3.8) is 0 Å². The van der Waals surface area contributed by atoms with Gasteiger partial charge in [-0.15, -0.1) is 0 Å². The topological polar surface area (TPSA) is 77.8 Å². The predicted molar refractivity (Wildman–Crippen MR) is 73.6 cm³/mol. The molecule has 0 aliphatic carbocycles. The molecule has 108 valence electrons. The fraction of sp³-hybridized carbons (Fsp3) is 0.467. The number of amides is 1. The zero-order valence-electron chi connectivity index (χ0n) is 11.7. The van der Waals surface area contributed by atoms with Gasteiger partial charge in [0.15, 0.2) is 0 Å². The van der Waals surface area contributed by atoms with Crippen molar-refractivity contribution < 1.29 is 19.8 Å². The molecule has 1 fully saturated rings. The molecule has 1 aromatic rings. The van der Waals surface area contributed by atoms with Crippen LogP contribution in [0, 0.1) is 5.41 Å². The summed E-state index contributed by atoms with van der Waals surface area (Å²) >= 11 is 0. The minimum Gasteiger partial charge on any atom is -0.508 e. The highest BCUT2D eigenvalue weighted by molar-refractivity contribution is 5.97. The standard InChI is InChI=1S/C15H19NO4/c1-15(2)7-4-8-16(12(15)14(19)20)13(18)10-5-3-6-11(17)9-10/h3,5-6,9,12,17H,4,7-8H2,1-2H3,(H,19,20). The Balaban J connectivity index is 2.34. The summed E-state index contributed by atoms with van der Waals surface area (Å²) in [7, 11) is 0. The molecule has 0 spiro atoms. The molecule has 5 heteroatoms. The number of likely N-dealkylation sites (tertiary alicyclic amines) is 1. The van der Waals surface area contributed by atoms with E-state index < -0.39 is 17.4 Å². The van der Waals surface area contributed by atoms with E-state index in [1.807, 2.05) is 13.8 Å². The van der Waals surface area contributed by atoms with Crippen molar-refractivity contribution in [1.29, 1.82) is 0 Å². The molecular weight excluding hydrogens is 258 g/mol. The molecule has 1 saturated heterocycles. The van der Waals surface area contributed by atoms with Gasteiger partial charge >= 0.3 is 5.97 Å². The number of carboxylic acid groups (broad SMARTS) is 1. The molecule has 20 heavy (non-hydrogen) atoms. The number of phenols is 1. The number of aliphatic carboxylic acids is 1. The van der Waals surface area contributed by atoms with Crippen LogP contribution in [0.15, 0.2) is 24.3 Å². The largest absolute Gasteiger partial charge is 0.508 e. The van der Waals surface area contributed by atoms with Crippen molar-refractivity contribution >= 4 is 11.9 Å². The van der Waals surface area contributed by atoms with Crippen molar-refractivity contribution in [3.8, 4) is 5.75 Å². The van der Waals surface area contributed by atoms with Crippen molar-refractivity contribution in [3.05, 3.63) is 29.8 Å². The van der Waals surface area contributed by atoms with Gasteiger partial charge in [0.05, 0.1) is 0 Å². The number of carbonyl (C=O) groups is 2. The third-order valence-corrected chi connectivity index (χ3v) is 3.86. The first kappa shape index (κ1) is 14.4. The summed E-state index contributed by atoms with van der Waals surface area (Å²) in [5.41, 5.74) is -0.148. The van der Waals surface area contributed by atoms with E-state index in [-0.39, 0.29) is 11.7 Å².